The fourth-order valence-electron chi connectivity index (χ4n) is 0.310. The molecule has 0 saturated heterocycles. The zero-order valence-electron chi connectivity index (χ0n) is 4.94. The second-order valence-corrected chi connectivity index (χ2v) is 7.25. The van der Waals surface area contributed by atoms with Gasteiger partial charge in [-0.2, -0.15) is 0 Å². The fourth-order valence-corrected chi connectivity index (χ4v) is 2.79. The molecule has 0 bridgehead atoms. The first-order valence-corrected chi connectivity index (χ1v) is 6.38. The summed E-state index contributed by atoms with van der Waals surface area (Å²) in [4.78, 5) is 25.7. The van der Waals surface area contributed by atoms with Gasteiger partial charge in [0.15, 0.2) is 5.90 Å². The summed E-state index contributed by atoms with van der Waals surface area (Å²) in [5, 5.41) is 0. The van der Waals surface area contributed by atoms with E-state index in [0.717, 1.165) is 0 Å². The average Bonchev–Trinajstić information content (AvgIpc) is 1.21. The Morgan fingerprint density at radius 2 is 1.75 bits per heavy atom. The molecule has 3 nitrogen and oxygen atoms in total. The molecular weight excluding hydrogens is 146 g/mol. The van der Waals surface area contributed by atoms with Gasteiger partial charge in [-0.25, -0.2) is 0 Å². The van der Waals surface area contributed by atoms with Crippen LogP contribution < -0.4 is 0 Å². The minimum atomic E-state index is -1.94. The minimum Gasteiger partial charge on any atom is -0.347 e. The van der Waals surface area contributed by atoms with Gasteiger partial charge in [-0.1, -0.05) is 0 Å². The molecule has 0 rings (SSSR count). The van der Waals surface area contributed by atoms with Gasteiger partial charge in [-0.15, -0.1) is 0 Å². The molecule has 0 unspecified atom stereocenters. The molecule has 0 fully saturated rings. The number of rotatable bonds is 2. The van der Waals surface area contributed by atoms with E-state index in [1.54, 1.807) is 13.3 Å². The highest BCUT2D eigenvalue weighted by Crippen LogP contribution is 2.54. The lowest BCUT2D eigenvalue weighted by Crippen LogP contribution is -1.90. The predicted octanol–water partition coefficient (Wildman–Crippen LogP) is 0.425. The van der Waals surface area contributed by atoms with Crippen LogP contribution in [-0.2, 0) is 0 Å². The van der Waals surface area contributed by atoms with Crippen LogP contribution in [0.4, 0.5) is 0 Å². The van der Waals surface area contributed by atoms with Crippen molar-refractivity contribution in [3.05, 3.63) is 0 Å². The Labute approximate surface area is 50.7 Å². The van der Waals surface area contributed by atoms with Crippen LogP contribution in [0, 0.1) is 0 Å². The third-order valence-corrected chi connectivity index (χ3v) is 4.25. The molecule has 0 heterocycles. The van der Waals surface area contributed by atoms with Crippen LogP contribution in [0.3, 0.4) is 0 Å². The van der Waals surface area contributed by atoms with Crippen LogP contribution in [0.25, 0.3) is 0 Å². The van der Waals surface area contributed by atoms with E-state index in [0.29, 0.717) is 0 Å². The van der Waals surface area contributed by atoms with Crippen molar-refractivity contribution in [3.63, 3.8) is 0 Å². The minimum absolute atomic E-state index is 0.169. The van der Waals surface area contributed by atoms with Crippen LogP contribution in [0.2, 0.25) is 0 Å². The highest BCUT2D eigenvalue weighted by Gasteiger charge is 2.24. The molecule has 50 valence electrons. The molecule has 0 saturated carbocycles. The third-order valence-electron chi connectivity index (χ3n) is 0.473. The molecule has 0 spiro atoms. The van der Waals surface area contributed by atoms with Crippen LogP contribution in [0.1, 0.15) is 0 Å². The van der Waals surface area contributed by atoms with Gasteiger partial charge in [0.25, 0.3) is 0 Å². The summed E-state index contributed by atoms with van der Waals surface area (Å²) in [5.41, 5.74) is 0. The van der Waals surface area contributed by atoms with E-state index in [1.807, 2.05) is 0 Å². The number of hydrogen-bond acceptors (Lipinski definition) is 3. The maximum atomic E-state index is 9.00. The molecule has 0 aromatic heterocycles. The highest BCUT2D eigenvalue weighted by atomic mass is 31.2. The van der Waals surface area contributed by atoms with Crippen molar-refractivity contribution in [2.75, 3.05) is 19.2 Å². The standard InChI is InChI=1S/C3H11O3P2/c1-8(2,6)3-7(4)5/h4-6H,3H2,1-2H3/q+1. The Bertz CT molecular complexity index is 67.4. The molecule has 0 aliphatic heterocycles. The van der Waals surface area contributed by atoms with Crippen molar-refractivity contribution >= 4 is 15.9 Å². The normalized spacial score (nSPS) is 12.8. The lowest BCUT2D eigenvalue weighted by atomic mass is 11.8. The first kappa shape index (κ1) is 8.74. The highest BCUT2D eigenvalue weighted by molar-refractivity contribution is 7.77. The molecule has 0 atom stereocenters. The fraction of sp³-hybridized carbons (Fsp3) is 1.00. The van der Waals surface area contributed by atoms with Gasteiger partial charge in [0.2, 0.25) is 8.38 Å². The Hall–Kier alpha value is 0.740. The summed E-state index contributed by atoms with van der Waals surface area (Å²) < 4.78 is 0. The summed E-state index contributed by atoms with van der Waals surface area (Å²) in [6, 6.07) is 0. The van der Waals surface area contributed by atoms with E-state index >= 15 is 0 Å². The zero-order valence-corrected chi connectivity index (χ0v) is 6.73. The summed E-state index contributed by atoms with van der Waals surface area (Å²) >= 11 is 0. The van der Waals surface area contributed by atoms with Crippen molar-refractivity contribution in [1.29, 1.82) is 0 Å². The van der Waals surface area contributed by atoms with Crippen LogP contribution in [0.5, 0.6) is 0 Å². The van der Waals surface area contributed by atoms with E-state index in [9.17, 15) is 0 Å². The lowest BCUT2D eigenvalue weighted by molar-refractivity contribution is 0.487. The van der Waals surface area contributed by atoms with Gasteiger partial charge < -0.3 is 9.79 Å². The second-order valence-electron chi connectivity index (χ2n) is 2.13. The average molecular weight is 157 g/mol. The lowest BCUT2D eigenvalue weighted by Gasteiger charge is -2.08. The molecule has 0 amide bonds. The maximum absolute atomic E-state index is 9.00. The quantitative estimate of drug-likeness (QED) is 0.509. The van der Waals surface area contributed by atoms with E-state index in [2.05, 4.69) is 0 Å². The molecule has 0 aliphatic rings. The molecule has 0 aromatic carbocycles. The van der Waals surface area contributed by atoms with Gasteiger partial charge in [0.05, 0.1) is 13.3 Å². The van der Waals surface area contributed by atoms with Gasteiger partial charge in [0, 0.05) is 0 Å². The molecule has 3 N–H and O–H groups in total. The Kier molecular flexibility index (Phi) is 3.33. The molecule has 0 aromatic rings. The van der Waals surface area contributed by atoms with Crippen LogP contribution in [0.15, 0.2) is 0 Å². The van der Waals surface area contributed by atoms with Crippen molar-refractivity contribution < 1.29 is 14.7 Å². The first-order chi connectivity index (χ1) is 3.42. The molecular formula is C3H11O3P2+. The Morgan fingerprint density at radius 3 is 1.75 bits per heavy atom. The van der Waals surface area contributed by atoms with Crippen molar-refractivity contribution in [1.82, 2.24) is 0 Å². The monoisotopic (exact) mass is 157 g/mol. The molecule has 0 radical (unpaired) electrons. The topological polar surface area (TPSA) is 60.7 Å². The summed E-state index contributed by atoms with van der Waals surface area (Å²) in [7, 11) is -3.83. The SMILES string of the molecule is C[P+](C)(O)CP(O)O. The van der Waals surface area contributed by atoms with Gasteiger partial charge in [0.1, 0.15) is 7.49 Å². The van der Waals surface area contributed by atoms with E-state index in [1.165, 1.54) is 0 Å². The van der Waals surface area contributed by atoms with E-state index in [4.69, 9.17) is 14.7 Å². The van der Waals surface area contributed by atoms with E-state index < -0.39 is 15.9 Å². The molecule has 0 aliphatic carbocycles. The van der Waals surface area contributed by atoms with E-state index in [-0.39, 0.29) is 5.90 Å². The third kappa shape index (κ3) is 6.74. The van der Waals surface area contributed by atoms with Crippen LogP contribution in [-0.4, -0.2) is 33.9 Å². The smallest absolute Gasteiger partial charge is 0.208 e. The second kappa shape index (κ2) is 3.05. The number of hydrogen-bond donors (Lipinski definition) is 3. The summed E-state index contributed by atoms with van der Waals surface area (Å²) in [6.07, 6.45) is 0. The predicted molar refractivity (Wildman–Crippen MR) is 37.2 cm³/mol. The van der Waals surface area contributed by atoms with Gasteiger partial charge >= 0.3 is 0 Å². The van der Waals surface area contributed by atoms with Crippen molar-refractivity contribution in [2.45, 2.75) is 0 Å². The van der Waals surface area contributed by atoms with Gasteiger partial charge in [-0.3, -0.25) is 4.89 Å². The molecule has 5 heteroatoms. The Balaban J connectivity index is 3.39. The zero-order chi connectivity index (χ0) is 6.78. The first-order valence-electron chi connectivity index (χ1n) is 2.13. The van der Waals surface area contributed by atoms with Gasteiger partial charge in [-0.05, 0) is 0 Å². The van der Waals surface area contributed by atoms with Crippen molar-refractivity contribution in [2.24, 2.45) is 0 Å². The molecule has 8 heavy (non-hydrogen) atoms. The largest absolute Gasteiger partial charge is 0.347 e. The Morgan fingerprint density at radius 1 is 1.38 bits per heavy atom. The summed E-state index contributed by atoms with van der Waals surface area (Å²) in [5.74, 6) is 0.169. The maximum Gasteiger partial charge on any atom is 0.208 e. The summed E-state index contributed by atoms with van der Waals surface area (Å²) in [6.45, 7) is 3.30. The van der Waals surface area contributed by atoms with Crippen molar-refractivity contribution in [3.8, 4) is 0 Å². The van der Waals surface area contributed by atoms with Crippen LogP contribution >= 0.6 is 15.9 Å².